The summed E-state index contributed by atoms with van der Waals surface area (Å²) in [4.78, 5) is 16.1. The highest BCUT2D eigenvalue weighted by Crippen LogP contribution is 2.21. The third-order valence-corrected chi connectivity index (χ3v) is 4.07. The molecule has 104 valence electrons. The maximum atomic E-state index is 11.9. The summed E-state index contributed by atoms with van der Waals surface area (Å²) in [5.74, 6) is -0.204. The molecule has 0 fully saturated rings. The summed E-state index contributed by atoms with van der Waals surface area (Å²) in [5.41, 5.74) is 4.20. The molecule has 0 spiro atoms. The van der Waals surface area contributed by atoms with Gasteiger partial charge in [-0.1, -0.05) is 29.8 Å². The number of amides is 1. The Morgan fingerprint density at radius 2 is 2.10 bits per heavy atom. The molecule has 1 aromatic heterocycles. The van der Waals surface area contributed by atoms with Gasteiger partial charge in [0.05, 0.1) is 15.7 Å². The van der Waals surface area contributed by atoms with Crippen molar-refractivity contribution in [2.24, 2.45) is 0 Å². The van der Waals surface area contributed by atoms with Crippen molar-refractivity contribution in [3.63, 3.8) is 0 Å². The highest BCUT2D eigenvalue weighted by molar-refractivity contribution is 7.16. The summed E-state index contributed by atoms with van der Waals surface area (Å²) < 4.78 is 1.10. The monoisotopic (exact) mass is 314 g/mol. The number of benzene rings is 2. The van der Waals surface area contributed by atoms with Gasteiger partial charge in [0.15, 0.2) is 0 Å². The standard InChI is InChI=1S/C16H11ClN2OS/c17-13-4-2-1-3-11(13)5-8-16(20)19-12-6-7-15-14(9-12)18-10-21-15/h1-10H,(H,19,20)/b8-5+. The molecule has 3 aromatic rings. The van der Waals surface area contributed by atoms with Crippen molar-refractivity contribution >= 4 is 50.8 Å². The molecule has 0 bridgehead atoms. The molecule has 0 atom stereocenters. The van der Waals surface area contributed by atoms with Crippen LogP contribution in [0.5, 0.6) is 0 Å². The van der Waals surface area contributed by atoms with E-state index in [4.69, 9.17) is 11.6 Å². The number of rotatable bonds is 3. The van der Waals surface area contributed by atoms with E-state index in [9.17, 15) is 4.79 Å². The molecule has 0 saturated carbocycles. The van der Waals surface area contributed by atoms with Crippen LogP contribution in [0.2, 0.25) is 5.02 Å². The van der Waals surface area contributed by atoms with Crippen LogP contribution in [0.25, 0.3) is 16.3 Å². The van der Waals surface area contributed by atoms with Gasteiger partial charge < -0.3 is 5.32 Å². The lowest BCUT2D eigenvalue weighted by atomic mass is 10.2. The van der Waals surface area contributed by atoms with E-state index in [0.29, 0.717) is 5.02 Å². The van der Waals surface area contributed by atoms with Crippen LogP contribution in [-0.4, -0.2) is 10.9 Å². The third kappa shape index (κ3) is 3.29. The second-order valence-electron chi connectivity index (χ2n) is 4.38. The van der Waals surface area contributed by atoms with Crippen LogP contribution in [0, 0.1) is 0 Å². The van der Waals surface area contributed by atoms with Crippen LogP contribution in [0.15, 0.2) is 54.1 Å². The van der Waals surface area contributed by atoms with Gasteiger partial charge in [0, 0.05) is 16.8 Å². The molecule has 0 saturated heterocycles. The molecule has 3 nitrogen and oxygen atoms in total. The minimum absolute atomic E-state index is 0.204. The van der Waals surface area contributed by atoms with E-state index >= 15 is 0 Å². The number of carbonyl (C=O) groups excluding carboxylic acids is 1. The Labute approximate surface area is 130 Å². The van der Waals surface area contributed by atoms with Crippen molar-refractivity contribution in [2.45, 2.75) is 0 Å². The zero-order valence-electron chi connectivity index (χ0n) is 10.9. The number of fused-ring (bicyclic) bond motifs is 1. The smallest absolute Gasteiger partial charge is 0.248 e. The van der Waals surface area contributed by atoms with E-state index in [-0.39, 0.29) is 5.91 Å². The fraction of sp³-hybridized carbons (Fsp3) is 0. The van der Waals surface area contributed by atoms with E-state index in [1.807, 2.05) is 36.4 Å². The van der Waals surface area contributed by atoms with Gasteiger partial charge in [-0.05, 0) is 35.9 Å². The number of anilines is 1. The van der Waals surface area contributed by atoms with Crippen LogP contribution in [0.3, 0.4) is 0 Å². The largest absolute Gasteiger partial charge is 0.322 e. The zero-order chi connectivity index (χ0) is 14.7. The normalized spacial score (nSPS) is 11.1. The van der Waals surface area contributed by atoms with Gasteiger partial charge in [-0.25, -0.2) is 4.98 Å². The third-order valence-electron chi connectivity index (χ3n) is 2.92. The Morgan fingerprint density at radius 1 is 1.24 bits per heavy atom. The maximum absolute atomic E-state index is 11.9. The molecular formula is C16H11ClN2OS. The Bertz CT molecular complexity index is 826. The summed E-state index contributed by atoms with van der Waals surface area (Å²) in [6, 6.07) is 13.0. The van der Waals surface area contributed by atoms with Crippen LogP contribution in [-0.2, 0) is 4.79 Å². The molecule has 5 heteroatoms. The number of carbonyl (C=O) groups is 1. The Kier molecular flexibility index (Phi) is 3.99. The average Bonchev–Trinajstić information content (AvgIpc) is 2.94. The van der Waals surface area contributed by atoms with Crippen LogP contribution >= 0.6 is 22.9 Å². The lowest BCUT2D eigenvalue weighted by molar-refractivity contribution is -0.111. The fourth-order valence-corrected chi connectivity index (χ4v) is 2.75. The first-order valence-corrected chi connectivity index (χ1v) is 7.55. The van der Waals surface area contributed by atoms with E-state index in [1.54, 1.807) is 29.0 Å². The Balaban J connectivity index is 1.72. The molecule has 1 N–H and O–H groups in total. The number of nitrogens with one attached hydrogen (secondary N) is 1. The predicted octanol–water partition coefficient (Wildman–Crippen LogP) is 4.60. The molecule has 1 amide bonds. The molecule has 2 aromatic carbocycles. The quantitative estimate of drug-likeness (QED) is 0.718. The van der Waals surface area contributed by atoms with Gasteiger partial charge in [-0.3, -0.25) is 4.79 Å². The van der Waals surface area contributed by atoms with Crippen LogP contribution in [0.4, 0.5) is 5.69 Å². The number of halogens is 1. The molecule has 0 aliphatic carbocycles. The van der Waals surface area contributed by atoms with Crippen molar-refractivity contribution in [1.82, 2.24) is 4.98 Å². The van der Waals surface area contributed by atoms with Gasteiger partial charge in [0.2, 0.25) is 5.91 Å². The summed E-state index contributed by atoms with van der Waals surface area (Å²) in [6.07, 6.45) is 3.16. The topological polar surface area (TPSA) is 42.0 Å². The molecule has 1 heterocycles. The molecule has 0 unspecified atom stereocenters. The van der Waals surface area contributed by atoms with Crippen molar-refractivity contribution in [1.29, 1.82) is 0 Å². The number of thiazole rings is 1. The van der Waals surface area contributed by atoms with E-state index < -0.39 is 0 Å². The van der Waals surface area contributed by atoms with E-state index in [2.05, 4.69) is 10.3 Å². The second-order valence-corrected chi connectivity index (χ2v) is 5.67. The first-order valence-electron chi connectivity index (χ1n) is 6.29. The number of hydrogen-bond acceptors (Lipinski definition) is 3. The lowest BCUT2D eigenvalue weighted by Gasteiger charge is -2.02. The average molecular weight is 315 g/mol. The fourth-order valence-electron chi connectivity index (χ4n) is 1.90. The highest BCUT2D eigenvalue weighted by Gasteiger charge is 2.02. The van der Waals surface area contributed by atoms with Crippen molar-refractivity contribution in [3.05, 3.63) is 64.6 Å². The first-order chi connectivity index (χ1) is 10.2. The van der Waals surface area contributed by atoms with Gasteiger partial charge in [0.25, 0.3) is 0 Å². The second kappa shape index (κ2) is 6.08. The predicted molar refractivity (Wildman–Crippen MR) is 88.7 cm³/mol. The zero-order valence-corrected chi connectivity index (χ0v) is 12.5. The number of nitrogens with zero attached hydrogens (tertiary/aromatic N) is 1. The van der Waals surface area contributed by atoms with Crippen LogP contribution in [0.1, 0.15) is 5.56 Å². The summed E-state index contributed by atoms with van der Waals surface area (Å²) in [7, 11) is 0. The minimum atomic E-state index is -0.204. The molecule has 0 aliphatic rings. The molecular weight excluding hydrogens is 304 g/mol. The maximum Gasteiger partial charge on any atom is 0.248 e. The van der Waals surface area contributed by atoms with Gasteiger partial charge >= 0.3 is 0 Å². The summed E-state index contributed by atoms with van der Waals surface area (Å²) >= 11 is 7.60. The van der Waals surface area contributed by atoms with Gasteiger partial charge in [-0.2, -0.15) is 0 Å². The number of hydrogen-bond donors (Lipinski definition) is 1. The Hall–Kier alpha value is -2.17. The van der Waals surface area contributed by atoms with Crippen molar-refractivity contribution < 1.29 is 4.79 Å². The minimum Gasteiger partial charge on any atom is -0.322 e. The molecule has 0 radical (unpaired) electrons. The lowest BCUT2D eigenvalue weighted by Crippen LogP contribution is -2.07. The SMILES string of the molecule is O=C(/C=C/c1ccccc1Cl)Nc1ccc2scnc2c1. The van der Waals surface area contributed by atoms with Gasteiger partial charge in [0.1, 0.15) is 0 Å². The molecule has 3 rings (SSSR count). The van der Waals surface area contributed by atoms with Gasteiger partial charge in [-0.15, -0.1) is 11.3 Å². The van der Waals surface area contributed by atoms with E-state index in [1.165, 1.54) is 6.08 Å². The molecule has 21 heavy (non-hydrogen) atoms. The molecule has 0 aliphatic heterocycles. The van der Waals surface area contributed by atoms with E-state index in [0.717, 1.165) is 21.5 Å². The van der Waals surface area contributed by atoms with Crippen molar-refractivity contribution in [3.8, 4) is 0 Å². The van der Waals surface area contributed by atoms with Crippen molar-refractivity contribution in [2.75, 3.05) is 5.32 Å². The summed E-state index contributed by atoms with van der Waals surface area (Å²) in [5, 5.41) is 3.43. The highest BCUT2D eigenvalue weighted by atomic mass is 35.5. The Morgan fingerprint density at radius 3 is 2.95 bits per heavy atom. The first kappa shape index (κ1) is 13.8. The summed E-state index contributed by atoms with van der Waals surface area (Å²) in [6.45, 7) is 0. The number of aromatic nitrogens is 1. The van der Waals surface area contributed by atoms with Crippen LogP contribution < -0.4 is 5.32 Å².